The minimum absolute atomic E-state index is 0.703. The molecule has 0 fully saturated rings. The lowest BCUT2D eigenvalue weighted by atomic mass is 9.91. The predicted molar refractivity (Wildman–Crippen MR) is 274 cm³/mol. The van der Waals surface area contributed by atoms with E-state index in [-0.39, 0.29) is 0 Å². The highest BCUT2D eigenvalue weighted by Gasteiger charge is 2.14. The number of pyridine rings is 1. The van der Waals surface area contributed by atoms with Gasteiger partial charge in [0.1, 0.15) is 0 Å². The van der Waals surface area contributed by atoms with Crippen LogP contribution in [0, 0.1) is 0 Å². The van der Waals surface area contributed by atoms with Crippen molar-refractivity contribution in [1.29, 1.82) is 0 Å². The molecule has 0 unspecified atom stereocenters. The summed E-state index contributed by atoms with van der Waals surface area (Å²) < 4.78 is 0. The van der Waals surface area contributed by atoms with Crippen LogP contribution in [0.2, 0.25) is 0 Å². The fraction of sp³-hybridized carbons (Fsp3) is 0. The molecule has 9 aromatic carbocycles. The SMILES string of the molecule is c1ccc(-c2ccc(-c3cc(-c4ccc(-c5cc(-c6ccccc6)cc(-c6ccccc6)n5)cc4)cc(-c4ccc(-c5cc(-c6ccccc6)nc(-c6ccccc6)n5)cc4)c3)cc2)cc1. The second-order valence-electron chi connectivity index (χ2n) is 16.4. The van der Waals surface area contributed by atoms with Crippen LogP contribution < -0.4 is 0 Å². The van der Waals surface area contributed by atoms with Crippen LogP contribution in [0.3, 0.4) is 0 Å². The smallest absolute Gasteiger partial charge is 0.160 e. The Bertz CT molecular complexity index is 3090. The molecule has 0 saturated carbocycles. The summed E-state index contributed by atoms with van der Waals surface area (Å²) in [6.07, 6.45) is 0. The minimum atomic E-state index is 0.703. The van der Waals surface area contributed by atoms with Gasteiger partial charge < -0.3 is 0 Å². The zero-order valence-corrected chi connectivity index (χ0v) is 36.2. The maximum atomic E-state index is 5.20. The Morgan fingerprint density at radius 3 is 0.742 bits per heavy atom. The van der Waals surface area contributed by atoms with Gasteiger partial charge in [-0.15, -0.1) is 0 Å². The predicted octanol–water partition coefficient (Wildman–Crippen LogP) is 16.5. The molecule has 0 amide bonds. The Morgan fingerprint density at radius 1 is 0.152 bits per heavy atom. The fourth-order valence-electron chi connectivity index (χ4n) is 8.58. The van der Waals surface area contributed by atoms with E-state index in [4.69, 9.17) is 15.0 Å². The molecule has 0 N–H and O–H groups in total. The van der Waals surface area contributed by atoms with Gasteiger partial charge in [-0.25, -0.2) is 15.0 Å². The van der Waals surface area contributed by atoms with Gasteiger partial charge in [0.15, 0.2) is 5.82 Å². The molecular weight excluding hydrogens is 799 g/mol. The van der Waals surface area contributed by atoms with Crippen molar-refractivity contribution in [1.82, 2.24) is 15.0 Å². The number of hydrogen-bond acceptors (Lipinski definition) is 3. The van der Waals surface area contributed by atoms with Crippen LogP contribution >= 0.6 is 0 Å². The zero-order chi connectivity index (χ0) is 44.1. The first-order chi connectivity index (χ1) is 32.7. The Balaban J connectivity index is 0.976. The van der Waals surface area contributed by atoms with Gasteiger partial charge in [-0.1, -0.05) is 224 Å². The molecule has 0 saturated heterocycles. The lowest BCUT2D eigenvalue weighted by Gasteiger charge is -2.14. The lowest BCUT2D eigenvalue weighted by Crippen LogP contribution is -1.95. The van der Waals surface area contributed by atoms with Gasteiger partial charge in [0, 0.05) is 27.8 Å². The third kappa shape index (κ3) is 8.62. The van der Waals surface area contributed by atoms with Gasteiger partial charge >= 0.3 is 0 Å². The van der Waals surface area contributed by atoms with E-state index >= 15 is 0 Å². The molecule has 0 bridgehead atoms. The van der Waals surface area contributed by atoms with Gasteiger partial charge in [-0.3, -0.25) is 0 Å². The van der Waals surface area contributed by atoms with Crippen molar-refractivity contribution in [2.45, 2.75) is 0 Å². The second-order valence-corrected chi connectivity index (χ2v) is 16.4. The average molecular weight is 842 g/mol. The highest BCUT2D eigenvalue weighted by Crippen LogP contribution is 2.37. The minimum Gasteiger partial charge on any atom is -0.248 e. The molecule has 3 heteroatoms. The number of rotatable bonds is 10. The summed E-state index contributed by atoms with van der Waals surface area (Å²) in [7, 11) is 0. The molecule has 310 valence electrons. The first kappa shape index (κ1) is 40.0. The van der Waals surface area contributed by atoms with Crippen molar-refractivity contribution in [3.8, 4) is 112 Å². The van der Waals surface area contributed by atoms with Crippen molar-refractivity contribution in [2.24, 2.45) is 0 Å². The summed E-state index contributed by atoms with van der Waals surface area (Å²) >= 11 is 0. The first-order valence-corrected chi connectivity index (χ1v) is 22.3. The Labute approximate surface area is 386 Å². The van der Waals surface area contributed by atoms with Gasteiger partial charge in [-0.05, 0) is 92.0 Å². The summed E-state index contributed by atoms with van der Waals surface area (Å²) in [6.45, 7) is 0. The molecular formula is C63H43N3. The average Bonchev–Trinajstić information content (AvgIpc) is 3.42. The largest absolute Gasteiger partial charge is 0.248 e. The van der Waals surface area contributed by atoms with Crippen molar-refractivity contribution >= 4 is 0 Å². The van der Waals surface area contributed by atoms with Crippen molar-refractivity contribution in [3.05, 3.63) is 261 Å². The van der Waals surface area contributed by atoms with Crippen LogP contribution in [0.5, 0.6) is 0 Å². The van der Waals surface area contributed by atoms with Crippen LogP contribution in [-0.4, -0.2) is 15.0 Å². The second kappa shape index (κ2) is 18.1. The van der Waals surface area contributed by atoms with Crippen molar-refractivity contribution in [2.75, 3.05) is 0 Å². The lowest BCUT2D eigenvalue weighted by molar-refractivity contribution is 1.18. The van der Waals surface area contributed by atoms with E-state index in [1.54, 1.807) is 0 Å². The molecule has 3 nitrogen and oxygen atoms in total. The van der Waals surface area contributed by atoms with Crippen LogP contribution in [-0.2, 0) is 0 Å². The van der Waals surface area contributed by atoms with Gasteiger partial charge in [0.25, 0.3) is 0 Å². The Morgan fingerprint density at radius 2 is 0.379 bits per heavy atom. The van der Waals surface area contributed by atoms with Crippen molar-refractivity contribution in [3.63, 3.8) is 0 Å². The first-order valence-electron chi connectivity index (χ1n) is 22.3. The maximum absolute atomic E-state index is 5.20. The van der Waals surface area contributed by atoms with Crippen LogP contribution in [0.15, 0.2) is 261 Å². The fourth-order valence-corrected chi connectivity index (χ4v) is 8.58. The summed E-state index contributed by atoms with van der Waals surface area (Å²) in [6, 6.07) is 91.9. The molecule has 0 atom stereocenters. The van der Waals surface area contributed by atoms with E-state index in [1.807, 2.05) is 42.5 Å². The van der Waals surface area contributed by atoms with E-state index in [2.05, 4.69) is 218 Å². The molecule has 0 radical (unpaired) electrons. The number of hydrogen-bond donors (Lipinski definition) is 0. The summed E-state index contributed by atoms with van der Waals surface area (Å²) in [5, 5.41) is 0. The topological polar surface area (TPSA) is 38.7 Å². The summed E-state index contributed by atoms with van der Waals surface area (Å²) in [5.74, 6) is 0.703. The molecule has 0 aliphatic rings. The Hall–Kier alpha value is -8.79. The molecule has 2 heterocycles. The van der Waals surface area contributed by atoms with E-state index in [1.165, 1.54) is 11.1 Å². The quantitative estimate of drug-likeness (QED) is 0.138. The van der Waals surface area contributed by atoms with Gasteiger partial charge in [0.05, 0.1) is 22.8 Å². The molecule has 0 aliphatic carbocycles. The number of aromatic nitrogens is 3. The molecule has 66 heavy (non-hydrogen) atoms. The number of benzene rings is 9. The van der Waals surface area contributed by atoms with Crippen LogP contribution in [0.25, 0.3) is 112 Å². The number of nitrogens with zero attached hydrogens (tertiary/aromatic N) is 3. The molecule has 0 spiro atoms. The standard InChI is InChI=1S/C63H43N3/c1-6-16-44(17-7-1)46-26-28-47(29-27-46)55-38-56(48-30-34-52(35-31-48)60-42-58(45-18-8-2-9-19-45)41-59(64-60)50-20-10-3-11-21-50)40-57(39-55)49-32-36-53(37-33-49)62-43-61(51-22-12-4-13-23-51)65-63(66-62)54-24-14-5-15-25-54/h1-43H. The Kier molecular flexibility index (Phi) is 11.0. The molecule has 0 aliphatic heterocycles. The van der Waals surface area contributed by atoms with E-state index in [0.29, 0.717) is 5.82 Å². The van der Waals surface area contributed by atoms with E-state index < -0.39 is 0 Å². The molecule has 11 rings (SSSR count). The highest BCUT2D eigenvalue weighted by atomic mass is 14.9. The maximum Gasteiger partial charge on any atom is 0.160 e. The zero-order valence-electron chi connectivity index (χ0n) is 36.2. The molecule has 11 aromatic rings. The van der Waals surface area contributed by atoms with E-state index in [0.717, 1.165) is 95.1 Å². The van der Waals surface area contributed by atoms with Gasteiger partial charge in [-0.2, -0.15) is 0 Å². The van der Waals surface area contributed by atoms with Crippen LogP contribution in [0.4, 0.5) is 0 Å². The van der Waals surface area contributed by atoms with Gasteiger partial charge in [0.2, 0.25) is 0 Å². The summed E-state index contributed by atoms with van der Waals surface area (Å²) in [5.41, 5.74) is 20.4. The van der Waals surface area contributed by atoms with E-state index in [9.17, 15) is 0 Å². The van der Waals surface area contributed by atoms with Crippen LogP contribution in [0.1, 0.15) is 0 Å². The normalized spacial score (nSPS) is 11.0. The highest BCUT2D eigenvalue weighted by molar-refractivity contribution is 5.84. The summed E-state index contributed by atoms with van der Waals surface area (Å²) in [4.78, 5) is 15.3. The van der Waals surface area contributed by atoms with Crippen molar-refractivity contribution < 1.29 is 0 Å². The third-order valence-electron chi connectivity index (χ3n) is 12.1. The monoisotopic (exact) mass is 841 g/mol. The molecule has 2 aromatic heterocycles. The third-order valence-corrected chi connectivity index (χ3v) is 12.1.